The van der Waals surface area contributed by atoms with E-state index in [1.54, 1.807) is 0 Å². The molecule has 0 aliphatic carbocycles. The average Bonchev–Trinajstić information content (AvgIpc) is 2.75. The summed E-state index contributed by atoms with van der Waals surface area (Å²) < 4.78 is 5.34. The minimum atomic E-state index is 0.651. The predicted octanol–water partition coefficient (Wildman–Crippen LogP) is -0.354. The Morgan fingerprint density at radius 3 is 2.87 bits per heavy atom. The molecule has 0 aromatic carbocycles. The van der Waals surface area contributed by atoms with Crippen molar-refractivity contribution in [1.82, 2.24) is 10.2 Å². The maximum atomic E-state index is 5.76. The van der Waals surface area contributed by atoms with Crippen LogP contribution in [-0.2, 0) is 4.74 Å². The van der Waals surface area contributed by atoms with Crippen LogP contribution < -0.4 is 11.1 Å². The van der Waals surface area contributed by atoms with Crippen LogP contribution in [0.25, 0.3) is 0 Å². The highest BCUT2D eigenvalue weighted by atomic mass is 16.5. The zero-order valence-corrected chi connectivity index (χ0v) is 9.45. The van der Waals surface area contributed by atoms with Crippen molar-refractivity contribution in [2.45, 2.75) is 18.9 Å². The highest BCUT2D eigenvalue weighted by Crippen LogP contribution is 2.17. The summed E-state index contributed by atoms with van der Waals surface area (Å²) in [5.41, 5.74) is 5.76. The monoisotopic (exact) mass is 213 g/mol. The third kappa shape index (κ3) is 3.14. The molecule has 2 unspecified atom stereocenters. The summed E-state index contributed by atoms with van der Waals surface area (Å²) in [6.07, 6.45) is 2.49. The molecule has 2 fully saturated rings. The first-order valence-electron chi connectivity index (χ1n) is 6.13. The molecule has 88 valence electrons. The van der Waals surface area contributed by atoms with E-state index >= 15 is 0 Å². The first-order valence-corrected chi connectivity index (χ1v) is 6.13. The molecule has 15 heavy (non-hydrogen) atoms. The van der Waals surface area contributed by atoms with Gasteiger partial charge in [0.25, 0.3) is 0 Å². The van der Waals surface area contributed by atoms with Crippen LogP contribution in [0, 0.1) is 5.92 Å². The van der Waals surface area contributed by atoms with Gasteiger partial charge in [0.2, 0.25) is 0 Å². The molecule has 2 rings (SSSR count). The van der Waals surface area contributed by atoms with E-state index in [2.05, 4.69) is 10.2 Å². The van der Waals surface area contributed by atoms with Gasteiger partial charge in [-0.1, -0.05) is 0 Å². The quantitative estimate of drug-likeness (QED) is 0.670. The Labute approximate surface area is 92.1 Å². The summed E-state index contributed by atoms with van der Waals surface area (Å²) in [6, 6.07) is 0.651. The van der Waals surface area contributed by atoms with Gasteiger partial charge in [0.05, 0.1) is 13.2 Å². The van der Waals surface area contributed by atoms with Gasteiger partial charge in [-0.15, -0.1) is 0 Å². The first kappa shape index (κ1) is 11.3. The zero-order chi connectivity index (χ0) is 10.5. The van der Waals surface area contributed by atoms with Gasteiger partial charge in [0, 0.05) is 19.1 Å². The van der Waals surface area contributed by atoms with Crippen LogP contribution in [0.4, 0.5) is 0 Å². The number of ether oxygens (including phenoxy) is 1. The lowest BCUT2D eigenvalue weighted by Crippen LogP contribution is -2.40. The van der Waals surface area contributed by atoms with Crippen LogP contribution >= 0.6 is 0 Å². The lowest BCUT2D eigenvalue weighted by Gasteiger charge is -2.28. The number of nitrogens with two attached hydrogens (primary N) is 1. The highest BCUT2D eigenvalue weighted by Gasteiger charge is 2.25. The minimum Gasteiger partial charge on any atom is -0.379 e. The van der Waals surface area contributed by atoms with Crippen LogP contribution in [0.15, 0.2) is 0 Å². The van der Waals surface area contributed by atoms with Gasteiger partial charge in [-0.2, -0.15) is 0 Å². The second-order valence-corrected chi connectivity index (χ2v) is 4.59. The number of nitrogens with zero attached hydrogens (tertiary/aromatic N) is 1. The summed E-state index contributed by atoms with van der Waals surface area (Å²) in [6.45, 7) is 7.17. The molecule has 4 nitrogen and oxygen atoms in total. The molecular formula is C11H23N3O. The number of morpholine rings is 1. The van der Waals surface area contributed by atoms with Crippen LogP contribution in [0.5, 0.6) is 0 Å². The predicted molar refractivity (Wildman–Crippen MR) is 60.8 cm³/mol. The molecule has 2 aliphatic rings. The Bertz CT molecular complexity index is 183. The average molecular weight is 213 g/mol. The van der Waals surface area contributed by atoms with Crippen LogP contribution in [0.2, 0.25) is 0 Å². The van der Waals surface area contributed by atoms with Crippen LogP contribution in [0.3, 0.4) is 0 Å². The zero-order valence-electron chi connectivity index (χ0n) is 9.45. The molecule has 0 aromatic rings. The van der Waals surface area contributed by atoms with E-state index in [4.69, 9.17) is 10.5 Å². The van der Waals surface area contributed by atoms with E-state index in [0.29, 0.717) is 12.0 Å². The Morgan fingerprint density at radius 1 is 1.33 bits per heavy atom. The summed E-state index contributed by atoms with van der Waals surface area (Å²) in [5, 5.41) is 3.56. The van der Waals surface area contributed by atoms with Gasteiger partial charge in [-0.25, -0.2) is 0 Å². The second-order valence-electron chi connectivity index (χ2n) is 4.59. The Hall–Kier alpha value is -0.160. The SMILES string of the molecule is NCC1CCNC1CCN1CCOCC1. The van der Waals surface area contributed by atoms with Crippen LogP contribution in [-0.4, -0.2) is 56.9 Å². The van der Waals surface area contributed by atoms with E-state index in [1.165, 1.54) is 19.4 Å². The van der Waals surface area contributed by atoms with E-state index in [9.17, 15) is 0 Å². The van der Waals surface area contributed by atoms with Crippen LogP contribution in [0.1, 0.15) is 12.8 Å². The second kappa shape index (κ2) is 5.80. The molecule has 0 amide bonds. The molecule has 3 N–H and O–H groups in total. The fourth-order valence-electron chi connectivity index (χ4n) is 2.59. The van der Waals surface area contributed by atoms with Crippen molar-refractivity contribution < 1.29 is 4.74 Å². The Morgan fingerprint density at radius 2 is 2.13 bits per heavy atom. The summed E-state index contributed by atoms with van der Waals surface area (Å²) >= 11 is 0. The molecule has 0 aromatic heterocycles. The van der Waals surface area contributed by atoms with Gasteiger partial charge in [0.1, 0.15) is 0 Å². The summed E-state index contributed by atoms with van der Waals surface area (Å²) in [5.74, 6) is 0.700. The molecule has 2 aliphatic heterocycles. The highest BCUT2D eigenvalue weighted by molar-refractivity contribution is 4.85. The number of nitrogens with one attached hydrogen (secondary N) is 1. The lowest BCUT2D eigenvalue weighted by molar-refractivity contribution is 0.0358. The van der Waals surface area contributed by atoms with Crippen molar-refractivity contribution in [3.63, 3.8) is 0 Å². The lowest BCUT2D eigenvalue weighted by atomic mass is 9.98. The first-order chi connectivity index (χ1) is 7.40. The molecule has 2 atom stereocenters. The molecular weight excluding hydrogens is 190 g/mol. The van der Waals surface area contributed by atoms with E-state index < -0.39 is 0 Å². The fourth-order valence-corrected chi connectivity index (χ4v) is 2.59. The molecule has 0 saturated carbocycles. The van der Waals surface area contributed by atoms with Gasteiger partial charge in [0.15, 0.2) is 0 Å². The van der Waals surface area contributed by atoms with Crippen molar-refractivity contribution in [2.24, 2.45) is 11.7 Å². The Kier molecular flexibility index (Phi) is 4.38. The van der Waals surface area contributed by atoms with Gasteiger partial charge in [-0.05, 0) is 38.4 Å². The molecule has 2 saturated heterocycles. The topological polar surface area (TPSA) is 50.5 Å². The van der Waals surface area contributed by atoms with Crippen molar-refractivity contribution in [2.75, 3.05) is 45.9 Å². The smallest absolute Gasteiger partial charge is 0.0594 e. The van der Waals surface area contributed by atoms with Crippen molar-refractivity contribution in [3.05, 3.63) is 0 Å². The van der Waals surface area contributed by atoms with Crippen molar-refractivity contribution >= 4 is 0 Å². The van der Waals surface area contributed by atoms with E-state index in [0.717, 1.165) is 39.4 Å². The molecule has 0 spiro atoms. The summed E-state index contributed by atoms with van der Waals surface area (Å²) in [7, 11) is 0. The van der Waals surface area contributed by atoms with Gasteiger partial charge >= 0.3 is 0 Å². The third-order valence-corrected chi connectivity index (χ3v) is 3.65. The van der Waals surface area contributed by atoms with E-state index in [-0.39, 0.29) is 0 Å². The fraction of sp³-hybridized carbons (Fsp3) is 1.00. The molecule has 2 heterocycles. The maximum absolute atomic E-state index is 5.76. The standard InChI is InChI=1S/C11H23N3O/c12-9-10-1-3-13-11(10)2-4-14-5-7-15-8-6-14/h10-11,13H,1-9,12H2. The third-order valence-electron chi connectivity index (χ3n) is 3.65. The van der Waals surface area contributed by atoms with Gasteiger partial charge in [-0.3, -0.25) is 4.90 Å². The maximum Gasteiger partial charge on any atom is 0.0594 e. The van der Waals surface area contributed by atoms with Gasteiger partial charge < -0.3 is 15.8 Å². The molecule has 4 heteroatoms. The van der Waals surface area contributed by atoms with Crippen molar-refractivity contribution in [1.29, 1.82) is 0 Å². The normalized spacial score (nSPS) is 33.4. The number of hydrogen-bond acceptors (Lipinski definition) is 4. The number of rotatable bonds is 4. The molecule has 0 bridgehead atoms. The van der Waals surface area contributed by atoms with Crippen molar-refractivity contribution in [3.8, 4) is 0 Å². The molecule has 0 radical (unpaired) electrons. The largest absolute Gasteiger partial charge is 0.379 e. The summed E-state index contributed by atoms with van der Waals surface area (Å²) in [4.78, 5) is 2.50. The van der Waals surface area contributed by atoms with E-state index in [1.807, 2.05) is 0 Å². The Balaban J connectivity index is 1.67. The number of hydrogen-bond donors (Lipinski definition) is 2. The minimum absolute atomic E-state index is 0.651.